The van der Waals surface area contributed by atoms with Crippen LogP contribution < -0.4 is 17.2 Å². The van der Waals surface area contributed by atoms with Crippen LogP contribution in [0.25, 0.3) is 11.3 Å². The van der Waals surface area contributed by atoms with Crippen molar-refractivity contribution in [1.29, 1.82) is 0 Å². The fraction of sp³-hybridized carbons (Fsp3) is 0. The molecule has 1 aromatic carbocycles. The highest BCUT2D eigenvalue weighted by molar-refractivity contribution is 6.45. The number of nitrogen functional groups attached to an aromatic ring is 2. The van der Waals surface area contributed by atoms with Gasteiger partial charge in [0.15, 0.2) is 17.3 Å². The van der Waals surface area contributed by atoms with E-state index in [1.54, 1.807) is 0 Å². The lowest BCUT2D eigenvalue weighted by molar-refractivity contribution is 0.0996. The van der Waals surface area contributed by atoms with E-state index < -0.39 is 5.91 Å². The molecular formula is C11H8Cl3N5O. The minimum absolute atomic E-state index is 0.0206. The normalized spacial score (nSPS) is 10.6. The number of nitrogens with zero attached hydrogens (tertiary/aromatic N) is 2. The lowest BCUT2D eigenvalue weighted by Gasteiger charge is -2.10. The SMILES string of the molecule is NC(=O)c1nc(-c2cc(Cl)cc(Cl)c2Cl)c(N)nc1N. The molecule has 2 rings (SSSR count). The summed E-state index contributed by atoms with van der Waals surface area (Å²) in [6.45, 7) is 0. The number of nitrogens with two attached hydrogens (primary N) is 3. The molecule has 9 heteroatoms. The van der Waals surface area contributed by atoms with Crippen LogP contribution in [0.2, 0.25) is 15.1 Å². The van der Waals surface area contributed by atoms with Crippen molar-refractivity contribution in [3.8, 4) is 11.3 Å². The van der Waals surface area contributed by atoms with E-state index in [1.807, 2.05) is 0 Å². The molecular weight excluding hydrogens is 325 g/mol. The van der Waals surface area contributed by atoms with Gasteiger partial charge in [-0.15, -0.1) is 0 Å². The van der Waals surface area contributed by atoms with Crippen LogP contribution in [0.1, 0.15) is 10.5 Å². The van der Waals surface area contributed by atoms with E-state index in [2.05, 4.69) is 9.97 Å². The topological polar surface area (TPSA) is 121 Å². The first-order valence-electron chi connectivity index (χ1n) is 5.19. The van der Waals surface area contributed by atoms with Crippen LogP contribution in [0.5, 0.6) is 0 Å². The average molecular weight is 333 g/mol. The van der Waals surface area contributed by atoms with Gasteiger partial charge in [-0.1, -0.05) is 34.8 Å². The molecule has 0 saturated carbocycles. The molecule has 0 fully saturated rings. The maximum atomic E-state index is 11.2. The number of carbonyl (C=O) groups is 1. The standard InChI is InChI=1S/C11H8Cl3N5O/c12-3-1-4(6(14)5(13)2-3)7-9(15)19-10(16)8(18-7)11(17)20/h1-2H,(H2,17,20)(H4,15,16,19). The van der Waals surface area contributed by atoms with Crippen molar-refractivity contribution in [1.82, 2.24) is 9.97 Å². The second kappa shape index (κ2) is 5.32. The first-order chi connectivity index (χ1) is 9.31. The van der Waals surface area contributed by atoms with Gasteiger partial charge in [0.25, 0.3) is 5.91 Å². The van der Waals surface area contributed by atoms with Crippen LogP contribution in [0, 0.1) is 0 Å². The largest absolute Gasteiger partial charge is 0.382 e. The van der Waals surface area contributed by atoms with Crippen molar-refractivity contribution in [2.45, 2.75) is 0 Å². The number of aromatic nitrogens is 2. The summed E-state index contributed by atoms with van der Waals surface area (Å²) in [6, 6.07) is 2.96. The first kappa shape index (κ1) is 14.6. The van der Waals surface area contributed by atoms with Gasteiger partial charge in [-0.3, -0.25) is 4.79 Å². The maximum Gasteiger partial charge on any atom is 0.271 e. The van der Waals surface area contributed by atoms with Crippen LogP contribution in [-0.2, 0) is 0 Å². The zero-order valence-electron chi connectivity index (χ0n) is 9.82. The summed E-state index contributed by atoms with van der Waals surface area (Å²) in [5.74, 6) is -1.02. The summed E-state index contributed by atoms with van der Waals surface area (Å²) < 4.78 is 0. The highest BCUT2D eigenvalue weighted by atomic mass is 35.5. The van der Waals surface area contributed by atoms with Gasteiger partial charge in [0.1, 0.15) is 5.69 Å². The second-order valence-corrected chi connectivity index (χ2v) is 5.03. The average Bonchev–Trinajstić information content (AvgIpc) is 2.33. The van der Waals surface area contributed by atoms with Gasteiger partial charge >= 0.3 is 0 Å². The lowest BCUT2D eigenvalue weighted by Crippen LogP contribution is -2.18. The fourth-order valence-electron chi connectivity index (χ4n) is 1.57. The van der Waals surface area contributed by atoms with E-state index in [-0.39, 0.29) is 33.1 Å². The molecule has 1 heterocycles. The molecule has 1 amide bonds. The van der Waals surface area contributed by atoms with Gasteiger partial charge in [0.05, 0.1) is 10.0 Å². The molecule has 6 N–H and O–H groups in total. The van der Waals surface area contributed by atoms with Crippen LogP contribution in [0.3, 0.4) is 0 Å². The van der Waals surface area contributed by atoms with Gasteiger partial charge in [-0.2, -0.15) is 0 Å². The van der Waals surface area contributed by atoms with Crippen LogP contribution in [0.15, 0.2) is 12.1 Å². The van der Waals surface area contributed by atoms with Gasteiger partial charge in [0, 0.05) is 10.6 Å². The van der Waals surface area contributed by atoms with Gasteiger partial charge in [0.2, 0.25) is 0 Å². The van der Waals surface area contributed by atoms with Crippen LogP contribution in [-0.4, -0.2) is 15.9 Å². The molecule has 20 heavy (non-hydrogen) atoms. The molecule has 0 aliphatic heterocycles. The first-order valence-corrected chi connectivity index (χ1v) is 6.32. The number of primary amides is 1. The quantitative estimate of drug-likeness (QED) is 0.729. The third-order valence-electron chi connectivity index (χ3n) is 2.43. The summed E-state index contributed by atoms with van der Waals surface area (Å²) in [7, 11) is 0. The predicted molar refractivity (Wildman–Crippen MR) is 79.8 cm³/mol. The zero-order valence-corrected chi connectivity index (χ0v) is 12.1. The molecule has 0 spiro atoms. The Kier molecular flexibility index (Phi) is 3.89. The number of hydrogen-bond acceptors (Lipinski definition) is 5. The van der Waals surface area contributed by atoms with Crippen molar-refractivity contribution < 1.29 is 4.79 Å². The molecule has 0 aliphatic rings. The zero-order chi connectivity index (χ0) is 15.0. The monoisotopic (exact) mass is 331 g/mol. The molecule has 0 atom stereocenters. The van der Waals surface area contributed by atoms with Gasteiger partial charge in [-0.05, 0) is 12.1 Å². The van der Waals surface area contributed by atoms with E-state index in [0.29, 0.717) is 10.6 Å². The second-order valence-electron chi connectivity index (χ2n) is 3.80. The summed E-state index contributed by atoms with van der Waals surface area (Å²) in [5.41, 5.74) is 16.7. The van der Waals surface area contributed by atoms with E-state index in [1.165, 1.54) is 12.1 Å². The Bertz CT molecular complexity index is 720. The molecule has 6 nitrogen and oxygen atoms in total. The number of hydrogen-bond donors (Lipinski definition) is 3. The molecule has 2 aromatic rings. The Morgan fingerprint density at radius 3 is 2.30 bits per heavy atom. The van der Waals surface area contributed by atoms with Gasteiger partial charge in [-0.25, -0.2) is 9.97 Å². The Hall–Kier alpha value is -1.76. The van der Waals surface area contributed by atoms with Crippen molar-refractivity contribution in [2.24, 2.45) is 5.73 Å². The minimum atomic E-state index is -0.833. The third kappa shape index (κ3) is 2.58. The maximum absolute atomic E-state index is 11.2. The Balaban J connectivity index is 2.76. The highest BCUT2D eigenvalue weighted by Gasteiger charge is 2.18. The number of halogens is 3. The van der Waals surface area contributed by atoms with E-state index in [0.717, 1.165) is 0 Å². The van der Waals surface area contributed by atoms with E-state index in [9.17, 15) is 4.79 Å². The predicted octanol–water partition coefficient (Wildman–Crippen LogP) is 2.37. The smallest absolute Gasteiger partial charge is 0.271 e. The Morgan fingerprint density at radius 1 is 1.05 bits per heavy atom. The lowest BCUT2D eigenvalue weighted by atomic mass is 10.1. The van der Waals surface area contributed by atoms with Crippen molar-refractivity contribution in [2.75, 3.05) is 11.5 Å². The van der Waals surface area contributed by atoms with Gasteiger partial charge < -0.3 is 17.2 Å². The minimum Gasteiger partial charge on any atom is -0.382 e. The van der Waals surface area contributed by atoms with Crippen LogP contribution >= 0.6 is 34.8 Å². The molecule has 1 aromatic heterocycles. The molecule has 104 valence electrons. The van der Waals surface area contributed by atoms with Crippen molar-refractivity contribution in [3.05, 3.63) is 32.9 Å². The van der Waals surface area contributed by atoms with Crippen LogP contribution in [0.4, 0.5) is 11.6 Å². The molecule has 0 unspecified atom stereocenters. The fourth-order valence-corrected chi connectivity index (χ4v) is 2.26. The summed E-state index contributed by atoms with van der Waals surface area (Å²) in [4.78, 5) is 19.1. The number of carbonyl (C=O) groups excluding carboxylic acids is 1. The van der Waals surface area contributed by atoms with E-state index >= 15 is 0 Å². The molecule has 0 saturated heterocycles. The summed E-state index contributed by atoms with van der Waals surface area (Å²) in [5, 5.41) is 0.720. The summed E-state index contributed by atoms with van der Waals surface area (Å²) >= 11 is 17.9. The van der Waals surface area contributed by atoms with Crippen molar-refractivity contribution >= 4 is 52.3 Å². The molecule has 0 radical (unpaired) electrons. The Morgan fingerprint density at radius 2 is 1.70 bits per heavy atom. The van der Waals surface area contributed by atoms with Crippen molar-refractivity contribution in [3.63, 3.8) is 0 Å². The molecule has 0 bridgehead atoms. The number of amides is 1. The summed E-state index contributed by atoms with van der Waals surface area (Å²) in [6.07, 6.45) is 0. The molecule has 0 aliphatic carbocycles. The third-order valence-corrected chi connectivity index (χ3v) is 3.45. The number of benzene rings is 1. The number of anilines is 2. The van der Waals surface area contributed by atoms with E-state index in [4.69, 9.17) is 52.0 Å². The highest BCUT2D eigenvalue weighted by Crippen LogP contribution is 2.37. The Labute approximate surface area is 128 Å². The number of rotatable bonds is 2.